The Morgan fingerprint density at radius 3 is 2.25 bits per heavy atom. The second-order valence-corrected chi connectivity index (χ2v) is 3.92. The highest BCUT2D eigenvalue weighted by molar-refractivity contribution is 5.72. The molecule has 0 radical (unpaired) electrons. The summed E-state index contributed by atoms with van der Waals surface area (Å²) in [4.78, 5) is 0. The Labute approximate surface area is 112 Å². The molecule has 2 rings (SSSR count). The predicted octanol–water partition coefficient (Wildman–Crippen LogP) is 3.83. The Balaban J connectivity index is 2.33. The summed E-state index contributed by atoms with van der Waals surface area (Å²) in [5.41, 5.74) is 1.19. The number of halogens is 3. The molecule has 0 aromatic heterocycles. The molecule has 0 aliphatic rings. The van der Waals surface area contributed by atoms with Crippen LogP contribution in [0.15, 0.2) is 42.5 Å². The van der Waals surface area contributed by atoms with Gasteiger partial charge in [-0.05, 0) is 35.9 Å². The first-order valence-corrected chi connectivity index (χ1v) is 5.48. The lowest BCUT2D eigenvalue weighted by atomic mass is 10.0. The summed E-state index contributed by atoms with van der Waals surface area (Å²) in [5.74, 6) is -0.411. The molecule has 0 spiro atoms. The molecule has 6 heteroatoms. The summed E-state index contributed by atoms with van der Waals surface area (Å²) in [6.07, 6.45) is -4.75. The fraction of sp³-hybridized carbons (Fsp3) is 0.0714. The van der Waals surface area contributed by atoms with Crippen LogP contribution in [0.3, 0.4) is 0 Å². The minimum absolute atomic E-state index is 0.0616. The number of hydrogen-bond donors (Lipinski definition) is 1. The SMILES string of the molecule is N#Cc1ccc(O)c(-c2ccc(OC(F)(F)F)cc2)c1. The highest BCUT2D eigenvalue weighted by Crippen LogP contribution is 2.32. The molecule has 3 nitrogen and oxygen atoms in total. The largest absolute Gasteiger partial charge is 0.573 e. The van der Waals surface area contributed by atoms with E-state index in [-0.39, 0.29) is 11.5 Å². The van der Waals surface area contributed by atoms with Crippen LogP contribution < -0.4 is 4.74 Å². The van der Waals surface area contributed by atoms with Crippen molar-refractivity contribution in [3.63, 3.8) is 0 Å². The Morgan fingerprint density at radius 1 is 1.05 bits per heavy atom. The third kappa shape index (κ3) is 3.20. The number of nitriles is 1. The molecule has 0 aliphatic heterocycles. The smallest absolute Gasteiger partial charge is 0.507 e. The monoisotopic (exact) mass is 279 g/mol. The van der Waals surface area contributed by atoms with Gasteiger partial charge in [-0.15, -0.1) is 13.2 Å². The third-order valence-electron chi connectivity index (χ3n) is 2.52. The van der Waals surface area contributed by atoms with Crippen LogP contribution in [-0.4, -0.2) is 11.5 Å². The Morgan fingerprint density at radius 2 is 1.70 bits per heavy atom. The molecule has 0 atom stereocenters. The normalized spacial score (nSPS) is 10.9. The zero-order chi connectivity index (χ0) is 14.8. The van der Waals surface area contributed by atoms with Crippen molar-refractivity contribution in [2.45, 2.75) is 6.36 Å². The van der Waals surface area contributed by atoms with Gasteiger partial charge >= 0.3 is 6.36 Å². The van der Waals surface area contributed by atoms with Gasteiger partial charge in [0.2, 0.25) is 0 Å². The number of phenols is 1. The standard InChI is InChI=1S/C14H8F3NO2/c15-14(16,17)20-11-4-2-10(3-5-11)12-7-9(8-18)1-6-13(12)19/h1-7,19H. The topological polar surface area (TPSA) is 53.2 Å². The minimum atomic E-state index is -4.75. The van der Waals surface area contributed by atoms with Gasteiger partial charge < -0.3 is 9.84 Å². The van der Waals surface area contributed by atoms with Crippen molar-refractivity contribution in [1.29, 1.82) is 5.26 Å². The molecule has 0 aliphatic carbocycles. The number of benzene rings is 2. The van der Waals surface area contributed by atoms with Crippen molar-refractivity contribution in [3.05, 3.63) is 48.0 Å². The van der Waals surface area contributed by atoms with E-state index in [2.05, 4.69) is 4.74 Å². The molecule has 0 unspecified atom stereocenters. The van der Waals surface area contributed by atoms with Gasteiger partial charge in [-0.2, -0.15) is 5.26 Å². The molecular formula is C14H8F3NO2. The lowest BCUT2D eigenvalue weighted by Crippen LogP contribution is -2.16. The molecule has 0 saturated carbocycles. The molecule has 0 heterocycles. The van der Waals surface area contributed by atoms with Gasteiger partial charge in [0.25, 0.3) is 0 Å². The van der Waals surface area contributed by atoms with Crippen molar-refractivity contribution in [1.82, 2.24) is 0 Å². The highest BCUT2D eigenvalue weighted by atomic mass is 19.4. The number of phenolic OH excluding ortho intramolecular Hbond substituents is 1. The first-order valence-electron chi connectivity index (χ1n) is 5.48. The molecule has 0 saturated heterocycles. The first-order chi connectivity index (χ1) is 9.39. The van der Waals surface area contributed by atoms with Crippen LogP contribution in [0, 0.1) is 11.3 Å². The minimum Gasteiger partial charge on any atom is -0.507 e. The van der Waals surface area contributed by atoms with E-state index in [1.807, 2.05) is 6.07 Å². The van der Waals surface area contributed by atoms with Crippen LogP contribution >= 0.6 is 0 Å². The fourth-order valence-corrected chi connectivity index (χ4v) is 1.67. The van der Waals surface area contributed by atoms with Crippen molar-refractivity contribution < 1.29 is 23.0 Å². The van der Waals surface area contributed by atoms with E-state index >= 15 is 0 Å². The summed E-state index contributed by atoms with van der Waals surface area (Å²) >= 11 is 0. The number of nitrogens with zero attached hydrogens (tertiary/aromatic N) is 1. The van der Waals surface area contributed by atoms with E-state index in [0.29, 0.717) is 16.7 Å². The van der Waals surface area contributed by atoms with Gasteiger partial charge in [-0.1, -0.05) is 12.1 Å². The van der Waals surface area contributed by atoms with Crippen molar-refractivity contribution in [2.75, 3.05) is 0 Å². The molecule has 2 aromatic rings. The van der Waals surface area contributed by atoms with Gasteiger partial charge in [0.15, 0.2) is 0 Å². The molecule has 20 heavy (non-hydrogen) atoms. The molecular weight excluding hydrogens is 271 g/mol. The second-order valence-electron chi connectivity index (χ2n) is 3.92. The summed E-state index contributed by atoms with van der Waals surface area (Å²) in [7, 11) is 0. The average Bonchev–Trinajstić information content (AvgIpc) is 2.39. The summed E-state index contributed by atoms with van der Waals surface area (Å²) in [6, 6.07) is 11.2. The van der Waals surface area contributed by atoms with E-state index in [4.69, 9.17) is 5.26 Å². The zero-order valence-corrected chi connectivity index (χ0v) is 9.98. The highest BCUT2D eigenvalue weighted by Gasteiger charge is 2.30. The number of alkyl halides is 3. The van der Waals surface area contributed by atoms with Crippen LogP contribution in [-0.2, 0) is 0 Å². The van der Waals surface area contributed by atoms with E-state index in [0.717, 1.165) is 12.1 Å². The second kappa shape index (κ2) is 5.13. The Kier molecular flexibility index (Phi) is 3.53. The van der Waals surface area contributed by atoms with Crippen LogP contribution in [0.4, 0.5) is 13.2 Å². The van der Waals surface area contributed by atoms with Crippen LogP contribution in [0.2, 0.25) is 0 Å². The molecule has 1 N–H and O–H groups in total. The molecule has 0 fully saturated rings. The maximum absolute atomic E-state index is 12.0. The van der Waals surface area contributed by atoms with Crippen LogP contribution in [0.1, 0.15) is 5.56 Å². The average molecular weight is 279 g/mol. The first kappa shape index (κ1) is 13.7. The molecule has 0 bridgehead atoms. The van der Waals surface area contributed by atoms with Crippen molar-refractivity contribution >= 4 is 0 Å². The van der Waals surface area contributed by atoms with E-state index in [9.17, 15) is 18.3 Å². The number of aromatic hydroxyl groups is 1. The van der Waals surface area contributed by atoms with E-state index in [1.54, 1.807) is 0 Å². The van der Waals surface area contributed by atoms with Gasteiger partial charge in [-0.3, -0.25) is 0 Å². The molecule has 102 valence electrons. The number of rotatable bonds is 2. The Bertz CT molecular complexity index is 658. The van der Waals surface area contributed by atoms with Crippen molar-refractivity contribution in [3.8, 4) is 28.7 Å². The van der Waals surface area contributed by atoms with Crippen LogP contribution in [0.5, 0.6) is 11.5 Å². The predicted molar refractivity (Wildman–Crippen MR) is 64.9 cm³/mol. The van der Waals surface area contributed by atoms with Gasteiger partial charge in [0.05, 0.1) is 11.6 Å². The summed E-state index contributed by atoms with van der Waals surface area (Å²) in [5, 5.41) is 18.5. The number of hydrogen-bond acceptors (Lipinski definition) is 3. The quantitative estimate of drug-likeness (QED) is 0.908. The summed E-state index contributed by atoms with van der Waals surface area (Å²) < 4.78 is 39.8. The maximum atomic E-state index is 12.0. The lowest BCUT2D eigenvalue weighted by Gasteiger charge is -2.10. The fourth-order valence-electron chi connectivity index (χ4n) is 1.67. The lowest BCUT2D eigenvalue weighted by molar-refractivity contribution is -0.274. The maximum Gasteiger partial charge on any atom is 0.573 e. The van der Waals surface area contributed by atoms with Gasteiger partial charge in [0.1, 0.15) is 11.5 Å². The van der Waals surface area contributed by atoms with Crippen LogP contribution in [0.25, 0.3) is 11.1 Å². The Hall–Kier alpha value is -2.68. The van der Waals surface area contributed by atoms with Crippen molar-refractivity contribution in [2.24, 2.45) is 0 Å². The molecule has 2 aromatic carbocycles. The molecule has 0 amide bonds. The van der Waals surface area contributed by atoms with Gasteiger partial charge in [0, 0.05) is 5.56 Å². The third-order valence-corrected chi connectivity index (χ3v) is 2.52. The number of ether oxygens (including phenoxy) is 1. The zero-order valence-electron chi connectivity index (χ0n) is 9.98. The van der Waals surface area contributed by atoms with Gasteiger partial charge in [-0.25, -0.2) is 0 Å². The summed E-state index contributed by atoms with van der Waals surface area (Å²) in [6.45, 7) is 0. The van der Waals surface area contributed by atoms with E-state index in [1.165, 1.54) is 30.3 Å². The van der Waals surface area contributed by atoms with E-state index < -0.39 is 6.36 Å².